The topological polar surface area (TPSA) is 53.2 Å². The van der Waals surface area contributed by atoms with Crippen molar-refractivity contribution >= 4 is 6.03 Å². The third-order valence-corrected chi connectivity index (χ3v) is 3.16. The second-order valence-electron chi connectivity index (χ2n) is 5.33. The normalized spacial score (nSPS) is 24.9. The lowest BCUT2D eigenvalue weighted by atomic mass is 9.94. The van der Waals surface area contributed by atoms with Crippen LogP contribution in [-0.4, -0.2) is 37.9 Å². The van der Waals surface area contributed by atoms with Crippen molar-refractivity contribution in [2.24, 2.45) is 11.8 Å². The molecule has 1 rings (SSSR count). The Morgan fingerprint density at radius 1 is 1.32 bits per heavy atom. The Bertz CT molecular complexity index is 294. The monoisotopic (exact) mass is 281 g/mol. The molecule has 0 bridgehead atoms. The third kappa shape index (κ3) is 5.67. The second kappa shape index (κ2) is 6.98. The van der Waals surface area contributed by atoms with Crippen LogP contribution in [0.2, 0.25) is 0 Å². The predicted octanol–water partition coefficient (Wildman–Crippen LogP) is 1.87. The first-order chi connectivity index (χ1) is 8.80. The molecule has 0 aromatic heterocycles. The van der Waals surface area contributed by atoms with Crippen molar-refractivity contribution in [3.63, 3.8) is 0 Å². The number of hydrogen-bond donors (Lipinski definition) is 3. The largest absolute Gasteiger partial charge is 0.393 e. The number of carbonyl (C=O) groups is 1. The average Bonchev–Trinajstić information content (AvgIpc) is 2.51. The molecule has 0 aromatic rings. The minimum Gasteiger partial charge on any atom is -0.338 e. The van der Waals surface area contributed by atoms with Gasteiger partial charge in [0.2, 0.25) is 0 Å². The van der Waals surface area contributed by atoms with Crippen LogP contribution < -0.4 is 16.0 Å². The summed E-state index contributed by atoms with van der Waals surface area (Å²) >= 11 is 0. The number of urea groups is 1. The van der Waals surface area contributed by atoms with Gasteiger partial charge in [-0.05, 0) is 31.8 Å². The van der Waals surface area contributed by atoms with Gasteiger partial charge in [-0.3, -0.25) is 0 Å². The fourth-order valence-corrected chi connectivity index (χ4v) is 2.12. The van der Waals surface area contributed by atoms with E-state index in [0.717, 1.165) is 0 Å². The van der Waals surface area contributed by atoms with Crippen LogP contribution >= 0.6 is 0 Å². The summed E-state index contributed by atoms with van der Waals surface area (Å²) in [4.78, 5) is 11.6. The van der Waals surface area contributed by atoms with Gasteiger partial charge in [-0.2, -0.15) is 13.2 Å². The Morgan fingerprint density at radius 3 is 2.53 bits per heavy atom. The maximum Gasteiger partial charge on any atom is 0.393 e. The first kappa shape index (κ1) is 16.1. The molecule has 0 aliphatic carbocycles. The summed E-state index contributed by atoms with van der Waals surface area (Å²) in [6.45, 7) is 5.12. The van der Waals surface area contributed by atoms with Crippen molar-refractivity contribution in [3.8, 4) is 0 Å². The van der Waals surface area contributed by atoms with E-state index in [0.29, 0.717) is 26.1 Å². The number of amides is 2. The molecule has 7 heteroatoms. The molecule has 1 fully saturated rings. The van der Waals surface area contributed by atoms with E-state index < -0.39 is 24.2 Å². The highest BCUT2D eigenvalue weighted by atomic mass is 19.4. The zero-order chi connectivity index (χ0) is 14.5. The van der Waals surface area contributed by atoms with Gasteiger partial charge in [-0.25, -0.2) is 4.79 Å². The molecule has 112 valence electrons. The maximum absolute atomic E-state index is 12.9. The van der Waals surface area contributed by atoms with Crippen molar-refractivity contribution < 1.29 is 18.0 Å². The van der Waals surface area contributed by atoms with Crippen LogP contribution in [0, 0.1) is 11.8 Å². The molecule has 2 amide bonds. The number of nitrogens with one attached hydrogen (secondary N) is 3. The Hall–Kier alpha value is -0.980. The van der Waals surface area contributed by atoms with E-state index in [9.17, 15) is 18.0 Å². The average molecular weight is 281 g/mol. The molecule has 0 aromatic carbocycles. The summed E-state index contributed by atoms with van der Waals surface area (Å²) in [7, 11) is 0. The van der Waals surface area contributed by atoms with Crippen molar-refractivity contribution in [2.45, 2.75) is 38.9 Å². The molecule has 19 heavy (non-hydrogen) atoms. The number of rotatable bonds is 3. The molecule has 4 nitrogen and oxygen atoms in total. The molecule has 0 saturated carbocycles. The van der Waals surface area contributed by atoms with Crippen LogP contribution in [0.3, 0.4) is 0 Å². The molecule has 2 unspecified atom stereocenters. The van der Waals surface area contributed by atoms with Crippen LogP contribution in [0.1, 0.15) is 26.7 Å². The van der Waals surface area contributed by atoms with Gasteiger partial charge in [0, 0.05) is 12.6 Å². The van der Waals surface area contributed by atoms with Crippen molar-refractivity contribution in [2.75, 3.05) is 19.6 Å². The SMILES string of the molecule is CC(C)CNC(=O)NC1CCNCCC1C(F)(F)F. The summed E-state index contributed by atoms with van der Waals surface area (Å²) in [6, 6.07) is -1.38. The lowest BCUT2D eigenvalue weighted by Crippen LogP contribution is -2.49. The highest BCUT2D eigenvalue weighted by molar-refractivity contribution is 5.74. The van der Waals surface area contributed by atoms with Crippen LogP contribution in [-0.2, 0) is 0 Å². The molecule has 1 aliphatic heterocycles. The second-order valence-corrected chi connectivity index (χ2v) is 5.33. The number of halogens is 3. The van der Waals surface area contributed by atoms with Crippen molar-refractivity contribution in [1.29, 1.82) is 0 Å². The van der Waals surface area contributed by atoms with Gasteiger partial charge in [-0.15, -0.1) is 0 Å². The van der Waals surface area contributed by atoms with E-state index in [1.807, 2.05) is 13.8 Å². The zero-order valence-electron chi connectivity index (χ0n) is 11.3. The van der Waals surface area contributed by atoms with Gasteiger partial charge in [0.05, 0.1) is 5.92 Å². The molecule has 1 saturated heterocycles. The van der Waals surface area contributed by atoms with Gasteiger partial charge in [0.15, 0.2) is 0 Å². The van der Waals surface area contributed by atoms with E-state index in [1.165, 1.54) is 0 Å². The number of alkyl halides is 3. The van der Waals surface area contributed by atoms with Crippen LogP contribution in [0.5, 0.6) is 0 Å². The molecule has 1 aliphatic rings. The summed E-state index contributed by atoms with van der Waals surface area (Å²) in [5.41, 5.74) is 0. The Morgan fingerprint density at radius 2 is 1.95 bits per heavy atom. The predicted molar refractivity (Wildman–Crippen MR) is 66.8 cm³/mol. The summed E-state index contributed by atoms with van der Waals surface area (Å²) in [5, 5.41) is 7.98. The smallest absolute Gasteiger partial charge is 0.338 e. The minimum atomic E-state index is -4.28. The Labute approximate surface area is 111 Å². The maximum atomic E-state index is 12.9. The van der Waals surface area contributed by atoms with E-state index in [-0.39, 0.29) is 12.3 Å². The molecular weight excluding hydrogens is 259 g/mol. The zero-order valence-corrected chi connectivity index (χ0v) is 11.3. The summed E-state index contributed by atoms with van der Waals surface area (Å²) in [5.74, 6) is -1.22. The van der Waals surface area contributed by atoms with E-state index >= 15 is 0 Å². The summed E-state index contributed by atoms with van der Waals surface area (Å²) in [6.07, 6.45) is -3.99. The first-order valence-electron chi connectivity index (χ1n) is 6.62. The lowest BCUT2D eigenvalue weighted by Gasteiger charge is -2.27. The molecule has 0 radical (unpaired) electrons. The molecule has 0 spiro atoms. The van der Waals surface area contributed by atoms with Crippen molar-refractivity contribution in [3.05, 3.63) is 0 Å². The van der Waals surface area contributed by atoms with Crippen LogP contribution in [0.15, 0.2) is 0 Å². The quantitative estimate of drug-likeness (QED) is 0.740. The molecule has 2 atom stereocenters. The van der Waals surface area contributed by atoms with Crippen LogP contribution in [0.4, 0.5) is 18.0 Å². The highest BCUT2D eigenvalue weighted by Gasteiger charge is 2.45. The highest BCUT2D eigenvalue weighted by Crippen LogP contribution is 2.33. The van der Waals surface area contributed by atoms with Crippen molar-refractivity contribution in [1.82, 2.24) is 16.0 Å². The number of carbonyl (C=O) groups excluding carboxylic acids is 1. The summed E-state index contributed by atoms with van der Waals surface area (Å²) < 4.78 is 38.8. The van der Waals surface area contributed by atoms with Gasteiger partial charge in [0.25, 0.3) is 0 Å². The van der Waals surface area contributed by atoms with Gasteiger partial charge >= 0.3 is 12.2 Å². The first-order valence-corrected chi connectivity index (χ1v) is 6.62. The minimum absolute atomic E-state index is 0.00136. The number of hydrogen-bond acceptors (Lipinski definition) is 2. The Balaban J connectivity index is 2.58. The van der Waals surface area contributed by atoms with E-state index in [4.69, 9.17) is 0 Å². The molecule has 3 N–H and O–H groups in total. The standard InChI is InChI=1S/C12H22F3N3O/c1-8(2)7-17-11(19)18-10-4-6-16-5-3-9(10)12(13,14)15/h8-10,16H,3-7H2,1-2H3,(H2,17,18,19). The van der Waals surface area contributed by atoms with Gasteiger partial charge in [0.1, 0.15) is 0 Å². The lowest BCUT2D eigenvalue weighted by molar-refractivity contribution is -0.182. The van der Waals surface area contributed by atoms with Gasteiger partial charge in [-0.1, -0.05) is 13.8 Å². The van der Waals surface area contributed by atoms with E-state index in [2.05, 4.69) is 16.0 Å². The fourth-order valence-electron chi connectivity index (χ4n) is 2.12. The van der Waals surface area contributed by atoms with E-state index in [1.54, 1.807) is 0 Å². The molecule has 1 heterocycles. The van der Waals surface area contributed by atoms with Crippen LogP contribution in [0.25, 0.3) is 0 Å². The molecular formula is C12H22F3N3O. The Kier molecular flexibility index (Phi) is 5.90. The third-order valence-electron chi connectivity index (χ3n) is 3.16. The van der Waals surface area contributed by atoms with Gasteiger partial charge < -0.3 is 16.0 Å². The fraction of sp³-hybridized carbons (Fsp3) is 0.917.